The Morgan fingerprint density at radius 3 is 2.23 bits per heavy atom. The number of halogens is 1. The minimum Gasteiger partial charge on any atom is -0.378 e. The van der Waals surface area contributed by atoms with Crippen molar-refractivity contribution in [2.45, 2.75) is 45.4 Å². The van der Waals surface area contributed by atoms with E-state index in [0.29, 0.717) is 6.54 Å². The van der Waals surface area contributed by atoms with Crippen LogP contribution in [-0.2, 0) is 11.2 Å². The van der Waals surface area contributed by atoms with E-state index in [0.717, 1.165) is 57.6 Å². The van der Waals surface area contributed by atoms with Crippen LogP contribution in [0.25, 0.3) is 0 Å². The number of benzene rings is 1. The number of guanidine groups is 1. The fraction of sp³-hybridized carbons (Fsp3) is 0.652. The van der Waals surface area contributed by atoms with Gasteiger partial charge < -0.3 is 20.4 Å². The Hall–Kier alpha value is -1.51. The number of aryl methyl sites for hydroxylation is 1. The van der Waals surface area contributed by atoms with Crippen LogP contribution in [0.1, 0.15) is 44.6 Å². The summed E-state index contributed by atoms with van der Waals surface area (Å²) in [6, 6.07) is 8.73. The molecule has 0 aromatic heterocycles. The number of nitrogens with zero attached hydrogens (tertiary/aromatic N) is 3. The predicted octanol–water partition coefficient (Wildman–Crippen LogP) is 3.51. The van der Waals surface area contributed by atoms with E-state index in [4.69, 9.17) is 4.99 Å². The summed E-state index contributed by atoms with van der Waals surface area (Å²) in [5.74, 6) is 1.03. The number of nitrogens with one attached hydrogen (secondary N) is 2. The summed E-state index contributed by atoms with van der Waals surface area (Å²) in [7, 11) is 7.81. The van der Waals surface area contributed by atoms with Crippen LogP contribution in [0.2, 0.25) is 0 Å². The molecule has 1 aromatic rings. The number of hydrogen-bond acceptors (Lipinski definition) is 3. The van der Waals surface area contributed by atoms with Crippen LogP contribution in [-0.4, -0.2) is 64.6 Å². The summed E-state index contributed by atoms with van der Waals surface area (Å²) in [6.07, 6.45) is 6.18. The van der Waals surface area contributed by atoms with Gasteiger partial charge in [0.05, 0.1) is 12.0 Å². The molecule has 30 heavy (non-hydrogen) atoms. The molecule has 1 aromatic carbocycles. The summed E-state index contributed by atoms with van der Waals surface area (Å²) in [6.45, 7) is 4.30. The van der Waals surface area contributed by atoms with Crippen molar-refractivity contribution in [3.63, 3.8) is 0 Å². The lowest BCUT2D eigenvalue weighted by Crippen LogP contribution is -2.43. The molecule has 0 bridgehead atoms. The molecule has 2 rings (SSSR count). The van der Waals surface area contributed by atoms with Crippen molar-refractivity contribution in [2.24, 2.45) is 10.4 Å². The molecule has 1 aliphatic rings. The molecule has 1 aliphatic carbocycles. The Morgan fingerprint density at radius 2 is 1.70 bits per heavy atom. The quantitative estimate of drug-likeness (QED) is 0.223. The van der Waals surface area contributed by atoms with E-state index in [2.05, 4.69) is 60.8 Å². The third-order valence-electron chi connectivity index (χ3n) is 5.69. The second kappa shape index (κ2) is 13.0. The van der Waals surface area contributed by atoms with Crippen molar-refractivity contribution in [1.29, 1.82) is 0 Å². The van der Waals surface area contributed by atoms with Crippen LogP contribution >= 0.6 is 24.0 Å². The molecular formula is C23H40IN5O. The first kappa shape index (κ1) is 26.5. The monoisotopic (exact) mass is 529 g/mol. The van der Waals surface area contributed by atoms with Gasteiger partial charge in [-0.1, -0.05) is 25.0 Å². The standard InChI is InChI=1S/C23H39N5O.HI/c1-6-24-22(26-18-23(15-7-8-16-23)21(29)28(4)5)25-17-9-10-19-11-13-20(14-12-19)27(2)3;/h11-14H,6-10,15-18H2,1-5H3,(H2,24,25,26);1H. The highest BCUT2D eigenvalue weighted by Crippen LogP contribution is 2.39. The molecule has 0 unspecified atom stereocenters. The molecular weight excluding hydrogens is 489 g/mol. The second-order valence-electron chi connectivity index (χ2n) is 8.47. The van der Waals surface area contributed by atoms with Gasteiger partial charge in [-0.2, -0.15) is 0 Å². The highest BCUT2D eigenvalue weighted by molar-refractivity contribution is 14.0. The average molecular weight is 530 g/mol. The van der Waals surface area contributed by atoms with E-state index in [1.165, 1.54) is 11.3 Å². The Balaban J connectivity index is 0.00000450. The fourth-order valence-electron chi connectivity index (χ4n) is 4.00. The zero-order valence-electron chi connectivity index (χ0n) is 19.3. The van der Waals surface area contributed by atoms with Gasteiger partial charge in [-0.15, -0.1) is 24.0 Å². The summed E-state index contributed by atoms with van der Waals surface area (Å²) < 4.78 is 0. The van der Waals surface area contributed by atoms with E-state index < -0.39 is 0 Å². The Kier molecular flexibility index (Phi) is 11.5. The first-order valence-corrected chi connectivity index (χ1v) is 10.9. The van der Waals surface area contributed by atoms with Gasteiger partial charge in [0, 0.05) is 47.0 Å². The smallest absolute Gasteiger partial charge is 0.230 e. The number of carbonyl (C=O) groups is 1. The van der Waals surface area contributed by atoms with Crippen molar-refractivity contribution >= 4 is 41.5 Å². The number of hydrogen-bond donors (Lipinski definition) is 2. The van der Waals surface area contributed by atoms with Gasteiger partial charge in [0.1, 0.15) is 0 Å². The first-order valence-electron chi connectivity index (χ1n) is 10.9. The zero-order valence-corrected chi connectivity index (χ0v) is 21.7. The number of anilines is 1. The molecule has 0 spiro atoms. The predicted molar refractivity (Wildman–Crippen MR) is 138 cm³/mol. The molecule has 1 saturated carbocycles. The molecule has 0 heterocycles. The topological polar surface area (TPSA) is 60.0 Å². The maximum absolute atomic E-state index is 12.7. The molecule has 7 heteroatoms. The summed E-state index contributed by atoms with van der Waals surface area (Å²) in [5.41, 5.74) is 2.25. The maximum Gasteiger partial charge on any atom is 0.230 e. The van der Waals surface area contributed by atoms with Gasteiger partial charge in [0.15, 0.2) is 5.96 Å². The second-order valence-corrected chi connectivity index (χ2v) is 8.47. The summed E-state index contributed by atoms with van der Waals surface area (Å²) >= 11 is 0. The van der Waals surface area contributed by atoms with Crippen LogP contribution in [0.3, 0.4) is 0 Å². The molecule has 0 aliphatic heterocycles. The fourth-order valence-corrected chi connectivity index (χ4v) is 4.00. The number of amides is 1. The Morgan fingerprint density at radius 1 is 1.07 bits per heavy atom. The molecule has 2 N–H and O–H groups in total. The van der Waals surface area contributed by atoms with Crippen molar-refractivity contribution < 1.29 is 4.79 Å². The maximum atomic E-state index is 12.7. The Labute approximate surface area is 199 Å². The van der Waals surface area contributed by atoms with E-state index in [-0.39, 0.29) is 35.3 Å². The van der Waals surface area contributed by atoms with E-state index in [1.807, 2.05) is 14.1 Å². The van der Waals surface area contributed by atoms with E-state index in [1.54, 1.807) is 4.90 Å². The summed E-state index contributed by atoms with van der Waals surface area (Å²) in [5, 5.41) is 6.75. The van der Waals surface area contributed by atoms with Crippen molar-refractivity contribution in [3.05, 3.63) is 29.8 Å². The first-order chi connectivity index (χ1) is 13.9. The van der Waals surface area contributed by atoms with Crippen molar-refractivity contribution in [2.75, 3.05) is 52.7 Å². The van der Waals surface area contributed by atoms with Crippen molar-refractivity contribution in [1.82, 2.24) is 15.5 Å². The minimum atomic E-state index is -0.319. The molecule has 0 saturated heterocycles. The van der Waals surface area contributed by atoms with Crippen LogP contribution in [0, 0.1) is 5.41 Å². The molecule has 0 atom stereocenters. The highest BCUT2D eigenvalue weighted by atomic mass is 127. The molecule has 6 nitrogen and oxygen atoms in total. The van der Waals surface area contributed by atoms with Crippen LogP contribution < -0.4 is 15.5 Å². The molecule has 1 amide bonds. The van der Waals surface area contributed by atoms with Crippen LogP contribution in [0.15, 0.2) is 29.3 Å². The molecule has 170 valence electrons. The van der Waals surface area contributed by atoms with Crippen molar-refractivity contribution in [3.8, 4) is 0 Å². The lowest BCUT2D eigenvalue weighted by atomic mass is 9.85. The van der Waals surface area contributed by atoms with Gasteiger partial charge in [-0.3, -0.25) is 9.79 Å². The van der Waals surface area contributed by atoms with Gasteiger partial charge >= 0.3 is 0 Å². The van der Waals surface area contributed by atoms with E-state index >= 15 is 0 Å². The zero-order chi connectivity index (χ0) is 21.3. The highest BCUT2D eigenvalue weighted by Gasteiger charge is 2.42. The van der Waals surface area contributed by atoms with Gasteiger partial charge in [-0.05, 0) is 50.3 Å². The third kappa shape index (κ3) is 7.63. The normalized spacial score (nSPS) is 15.3. The van der Waals surface area contributed by atoms with Crippen LogP contribution in [0.5, 0.6) is 0 Å². The number of carbonyl (C=O) groups excluding carboxylic acids is 1. The molecule has 1 fully saturated rings. The van der Waals surface area contributed by atoms with Gasteiger partial charge in [0.25, 0.3) is 0 Å². The Bertz CT molecular complexity index is 667. The number of rotatable bonds is 9. The average Bonchev–Trinajstić information content (AvgIpc) is 3.19. The number of aliphatic imine (C=N–C) groups is 1. The SMILES string of the molecule is CCNC(=NCC1(C(=O)N(C)C)CCCC1)NCCCc1ccc(N(C)C)cc1.I. The molecule has 0 radical (unpaired) electrons. The minimum absolute atomic E-state index is 0. The van der Waals surface area contributed by atoms with Gasteiger partial charge in [0.2, 0.25) is 5.91 Å². The van der Waals surface area contributed by atoms with Gasteiger partial charge in [-0.25, -0.2) is 0 Å². The summed E-state index contributed by atoms with van der Waals surface area (Å²) in [4.78, 5) is 21.4. The van der Waals surface area contributed by atoms with E-state index in [9.17, 15) is 4.79 Å². The largest absolute Gasteiger partial charge is 0.378 e. The lowest BCUT2D eigenvalue weighted by molar-refractivity contribution is -0.138. The third-order valence-corrected chi connectivity index (χ3v) is 5.69. The van der Waals surface area contributed by atoms with Crippen LogP contribution in [0.4, 0.5) is 5.69 Å². The lowest BCUT2D eigenvalue weighted by Gasteiger charge is -2.29.